The molecule has 0 aliphatic carbocycles. The molecule has 0 atom stereocenters. The topological polar surface area (TPSA) is 56.0 Å². The minimum absolute atomic E-state index is 0.0716. The van der Waals surface area contributed by atoms with Crippen molar-refractivity contribution in [1.29, 1.82) is 0 Å². The summed E-state index contributed by atoms with van der Waals surface area (Å²) < 4.78 is 13.0. The van der Waals surface area contributed by atoms with E-state index < -0.39 is 0 Å². The van der Waals surface area contributed by atoms with E-state index in [-0.39, 0.29) is 18.0 Å². The van der Waals surface area contributed by atoms with Crippen LogP contribution in [0.25, 0.3) is 0 Å². The molecule has 0 spiro atoms. The fourth-order valence-electron chi connectivity index (χ4n) is 1.70. The second kappa shape index (κ2) is 5.51. The molecule has 2 rings (SSSR count). The van der Waals surface area contributed by atoms with Crippen molar-refractivity contribution in [1.82, 2.24) is 4.98 Å². The zero-order chi connectivity index (χ0) is 13.0. The first-order valence-electron chi connectivity index (χ1n) is 5.61. The minimum Gasteiger partial charge on any atom is -0.325 e. The van der Waals surface area contributed by atoms with Crippen LogP contribution >= 0.6 is 0 Å². The normalized spacial score (nSPS) is 10.3. The Kier molecular flexibility index (Phi) is 3.79. The van der Waals surface area contributed by atoms with Gasteiger partial charge in [-0.3, -0.25) is 9.78 Å². The van der Waals surface area contributed by atoms with E-state index in [1.165, 1.54) is 12.1 Å². The molecule has 3 nitrogen and oxygen atoms in total. The van der Waals surface area contributed by atoms with Crippen LogP contribution in [0.1, 0.15) is 21.6 Å². The number of ketones is 1. The van der Waals surface area contributed by atoms with Gasteiger partial charge >= 0.3 is 0 Å². The van der Waals surface area contributed by atoms with Crippen LogP contribution in [0.3, 0.4) is 0 Å². The fraction of sp³-hybridized carbons (Fsp3) is 0.143. The summed E-state index contributed by atoms with van der Waals surface area (Å²) in [6, 6.07) is 9.35. The molecule has 18 heavy (non-hydrogen) atoms. The maximum Gasteiger partial charge on any atom is 0.167 e. The van der Waals surface area contributed by atoms with Crippen molar-refractivity contribution in [3.63, 3.8) is 0 Å². The number of nitrogens with zero attached hydrogens (tertiary/aromatic N) is 1. The fourth-order valence-corrected chi connectivity index (χ4v) is 1.70. The number of rotatable bonds is 4. The monoisotopic (exact) mass is 244 g/mol. The molecule has 0 saturated carbocycles. The Morgan fingerprint density at radius 3 is 2.83 bits per heavy atom. The molecule has 1 aromatic heterocycles. The van der Waals surface area contributed by atoms with Crippen LogP contribution in [0.2, 0.25) is 0 Å². The number of pyridine rings is 1. The van der Waals surface area contributed by atoms with Crippen LogP contribution in [0, 0.1) is 5.82 Å². The standard InChI is InChI=1S/C14H13FN2O/c15-12-3-1-2-10(6-12)7-14(18)11-4-5-17-13(8-11)9-16/h1-6,8H,7,9,16H2. The second-order valence-electron chi connectivity index (χ2n) is 3.97. The molecule has 0 radical (unpaired) electrons. The number of hydrogen-bond acceptors (Lipinski definition) is 3. The van der Waals surface area contributed by atoms with Gasteiger partial charge in [-0.1, -0.05) is 12.1 Å². The maximum atomic E-state index is 13.0. The van der Waals surface area contributed by atoms with Crippen molar-refractivity contribution >= 4 is 5.78 Å². The highest BCUT2D eigenvalue weighted by Gasteiger charge is 2.08. The van der Waals surface area contributed by atoms with Gasteiger partial charge in [-0.15, -0.1) is 0 Å². The van der Waals surface area contributed by atoms with Gasteiger partial charge in [0.25, 0.3) is 0 Å². The van der Waals surface area contributed by atoms with Gasteiger partial charge in [-0.05, 0) is 29.8 Å². The largest absolute Gasteiger partial charge is 0.325 e. The lowest BCUT2D eigenvalue weighted by Crippen LogP contribution is -2.07. The number of carbonyl (C=O) groups is 1. The molecule has 0 fully saturated rings. The van der Waals surface area contributed by atoms with Crippen LogP contribution in [-0.2, 0) is 13.0 Å². The van der Waals surface area contributed by atoms with E-state index in [1.807, 2.05) is 0 Å². The van der Waals surface area contributed by atoms with Crippen molar-refractivity contribution < 1.29 is 9.18 Å². The van der Waals surface area contributed by atoms with Gasteiger partial charge in [0.05, 0.1) is 5.69 Å². The highest BCUT2D eigenvalue weighted by Crippen LogP contribution is 2.09. The van der Waals surface area contributed by atoms with Gasteiger partial charge in [0.15, 0.2) is 5.78 Å². The number of Topliss-reactive ketones (excluding diaryl/α,β-unsaturated/α-hetero) is 1. The van der Waals surface area contributed by atoms with E-state index in [9.17, 15) is 9.18 Å². The molecule has 0 saturated heterocycles. The molecule has 2 N–H and O–H groups in total. The van der Waals surface area contributed by atoms with E-state index in [0.29, 0.717) is 23.4 Å². The number of carbonyl (C=O) groups excluding carboxylic acids is 1. The van der Waals surface area contributed by atoms with Gasteiger partial charge in [0.1, 0.15) is 5.82 Å². The Morgan fingerprint density at radius 1 is 1.28 bits per heavy atom. The summed E-state index contributed by atoms with van der Waals surface area (Å²) in [6.45, 7) is 0.293. The summed E-state index contributed by atoms with van der Waals surface area (Å²) in [5.41, 5.74) is 7.34. The first-order valence-corrected chi connectivity index (χ1v) is 5.61. The van der Waals surface area contributed by atoms with Crippen LogP contribution in [0.5, 0.6) is 0 Å². The van der Waals surface area contributed by atoms with Gasteiger partial charge in [0.2, 0.25) is 0 Å². The van der Waals surface area contributed by atoms with E-state index in [0.717, 1.165) is 0 Å². The lowest BCUT2D eigenvalue weighted by atomic mass is 10.0. The SMILES string of the molecule is NCc1cc(C(=O)Cc2cccc(F)c2)ccn1. The number of nitrogens with two attached hydrogens (primary N) is 1. The molecule has 4 heteroatoms. The van der Waals surface area contributed by atoms with Gasteiger partial charge in [0, 0.05) is 24.7 Å². The number of halogens is 1. The number of aromatic nitrogens is 1. The van der Waals surface area contributed by atoms with Gasteiger partial charge in [-0.25, -0.2) is 4.39 Å². The van der Waals surface area contributed by atoms with Crippen LogP contribution in [0.15, 0.2) is 42.6 Å². The molecule has 1 aromatic carbocycles. The first kappa shape index (κ1) is 12.4. The Bertz CT molecular complexity index is 569. The average Bonchev–Trinajstić information content (AvgIpc) is 2.39. The average molecular weight is 244 g/mol. The predicted octanol–water partition coefficient (Wildman–Crippen LogP) is 2.10. The second-order valence-corrected chi connectivity index (χ2v) is 3.97. The maximum absolute atomic E-state index is 13.0. The first-order chi connectivity index (χ1) is 8.69. The third-order valence-corrected chi connectivity index (χ3v) is 2.60. The summed E-state index contributed by atoms with van der Waals surface area (Å²) >= 11 is 0. The van der Waals surface area contributed by atoms with Crippen LogP contribution in [-0.4, -0.2) is 10.8 Å². The third kappa shape index (κ3) is 2.99. The Morgan fingerprint density at radius 2 is 2.11 bits per heavy atom. The molecular formula is C14H13FN2O. The molecule has 0 bridgehead atoms. The van der Waals surface area contributed by atoms with Crippen LogP contribution in [0.4, 0.5) is 4.39 Å². The Hall–Kier alpha value is -2.07. The lowest BCUT2D eigenvalue weighted by Gasteiger charge is -2.03. The van der Waals surface area contributed by atoms with E-state index in [1.54, 1.807) is 30.5 Å². The van der Waals surface area contributed by atoms with Crippen molar-refractivity contribution in [3.05, 3.63) is 65.2 Å². The number of hydrogen-bond donors (Lipinski definition) is 1. The Balaban J connectivity index is 2.16. The summed E-state index contributed by atoms with van der Waals surface area (Å²) in [5, 5.41) is 0. The van der Waals surface area contributed by atoms with Crippen molar-refractivity contribution in [2.75, 3.05) is 0 Å². The highest BCUT2D eigenvalue weighted by molar-refractivity contribution is 5.97. The van der Waals surface area contributed by atoms with Crippen molar-refractivity contribution in [2.45, 2.75) is 13.0 Å². The minimum atomic E-state index is -0.335. The van der Waals surface area contributed by atoms with Crippen molar-refractivity contribution in [2.24, 2.45) is 5.73 Å². The molecule has 0 amide bonds. The van der Waals surface area contributed by atoms with Gasteiger partial charge < -0.3 is 5.73 Å². The van der Waals surface area contributed by atoms with E-state index in [4.69, 9.17) is 5.73 Å². The molecule has 0 aliphatic heterocycles. The summed E-state index contributed by atoms with van der Waals surface area (Å²) in [4.78, 5) is 16.0. The lowest BCUT2D eigenvalue weighted by molar-refractivity contribution is 0.0992. The summed E-state index contributed by atoms with van der Waals surface area (Å²) in [5.74, 6) is -0.407. The zero-order valence-corrected chi connectivity index (χ0v) is 9.77. The molecule has 2 aromatic rings. The molecule has 0 aliphatic rings. The smallest absolute Gasteiger partial charge is 0.167 e. The summed E-state index contributed by atoms with van der Waals surface area (Å²) in [7, 11) is 0. The van der Waals surface area contributed by atoms with Crippen molar-refractivity contribution in [3.8, 4) is 0 Å². The van der Waals surface area contributed by atoms with Crippen LogP contribution < -0.4 is 5.73 Å². The molecular weight excluding hydrogens is 231 g/mol. The summed E-state index contributed by atoms with van der Waals surface area (Å²) in [6.07, 6.45) is 1.73. The Labute approximate surface area is 104 Å². The predicted molar refractivity (Wildman–Crippen MR) is 66.6 cm³/mol. The third-order valence-electron chi connectivity index (χ3n) is 2.60. The number of benzene rings is 1. The zero-order valence-electron chi connectivity index (χ0n) is 9.77. The molecule has 1 heterocycles. The van der Waals surface area contributed by atoms with Gasteiger partial charge in [-0.2, -0.15) is 0 Å². The molecule has 0 unspecified atom stereocenters. The van der Waals surface area contributed by atoms with E-state index >= 15 is 0 Å². The highest BCUT2D eigenvalue weighted by atomic mass is 19.1. The van der Waals surface area contributed by atoms with E-state index in [2.05, 4.69) is 4.98 Å². The quantitative estimate of drug-likeness (QED) is 0.838. The molecule has 92 valence electrons.